The lowest BCUT2D eigenvalue weighted by molar-refractivity contribution is -0.156. The topological polar surface area (TPSA) is 66.8 Å². The molecule has 0 spiro atoms. The molecule has 5 heteroatoms. The minimum atomic E-state index is -0.708. The highest BCUT2D eigenvalue weighted by Gasteiger charge is 2.31. The highest BCUT2D eigenvalue weighted by molar-refractivity contribution is 5.84. The van der Waals surface area contributed by atoms with Crippen LogP contribution in [0.3, 0.4) is 0 Å². The molecule has 0 aromatic carbocycles. The maximum Gasteiger partial charge on any atom is 0.329 e. The van der Waals surface area contributed by atoms with E-state index in [1.807, 2.05) is 13.8 Å². The van der Waals surface area contributed by atoms with Crippen LogP contribution in [0.15, 0.2) is 0 Å². The van der Waals surface area contributed by atoms with Crippen molar-refractivity contribution in [3.8, 4) is 0 Å². The summed E-state index contributed by atoms with van der Waals surface area (Å²) < 4.78 is 4.95. The number of carbonyl (C=O) groups excluding carboxylic acids is 2. The third-order valence-electron chi connectivity index (χ3n) is 2.44. The van der Waals surface area contributed by atoms with Gasteiger partial charge in [-0.1, -0.05) is 13.8 Å². The molecule has 0 bridgehead atoms. The van der Waals surface area contributed by atoms with Crippen molar-refractivity contribution in [3.05, 3.63) is 0 Å². The zero-order valence-electron chi connectivity index (χ0n) is 11.3. The SMILES string of the molecule is CCOC(=O)[C@@H](C(C)C)N(C)C(=O)C[C@H](C)O. The van der Waals surface area contributed by atoms with Gasteiger partial charge in [0.25, 0.3) is 0 Å². The fraction of sp³-hybridized carbons (Fsp3) is 0.833. The van der Waals surface area contributed by atoms with Gasteiger partial charge in [0.1, 0.15) is 6.04 Å². The predicted molar refractivity (Wildman–Crippen MR) is 64.3 cm³/mol. The molecule has 1 amide bonds. The molecule has 17 heavy (non-hydrogen) atoms. The Morgan fingerprint density at radius 1 is 1.29 bits per heavy atom. The third kappa shape index (κ3) is 5.17. The number of hydrogen-bond donors (Lipinski definition) is 1. The standard InChI is InChI=1S/C12H23NO4/c1-6-17-12(16)11(8(2)3)13(5)10(15)7-9(4)14/h8-9,11,14H,6-7H2,1-5H3/t9-,11+/m0/s1. The molecule has 0 rings (SSSR count). The third-order valence-corrected chi connectivity index (χ3v) is 2.44. The van der Waals surface area contributed by atoms with E-state index in [1.54, 1.807) is 20.9 Å². The van der Waals surface area contributed by atoms with Gasteiger partial charge in [0.2, 0.25) is 5.91 Å². The molecule has 2 atom stereocenters. The molecular weight excluding hydrogens is 222 g/mol. The largest absolute Gasteiger partial charge is 0.464 e. The second-order valence-electron chi connectivity index (χ2n) is 4.50. The highest BCUT2D eigenvalue weighted by Crippen LogP contribution is 2.13. The molecule has 0 aliphatic heterocycles. The Morgan fingerprint density at radius 2 is 1.82 bits per heavy atom. The minimum absolute atomic E-state index is 0.0130. The molecule has 1 N–H and O–H groups in total. The Bertz CT molecular complexity index is 263. The summed E-state index contributed by atoms with van der Waals surface area (Å²) in [7, 11) is 1.56. The van der Waals surface area contributed by atoms with Crippen molar-refractivity contribution in [2.75, 3.05) is 13.7 Å². The Hall–Kier alpha value is -1.10. The van der Waals surface area contributed by atoms with Gasteiger partial charge in [-0.05, 0) is 19.8 Å². The van der Waals surface area contributed by atoms with Gasteiger partial charge in [-0.2, -0.15) is 0 Å². The van der Waals surface area contributed by atoms with E-state index in [0.717, 1.165) is 0 Å². The van der Waals surface area contributed by atoms with E-state index in [9.17, 15) is 14.7 Å². The number of aliphatic hydroxyl groups is 1. The number of amides is 1. The van der Waals surface area contributed by atoms with Crippen LogP contribution in [0.1, 0.15) is 34.1 Å². The van der Waals surface area contributed by atoms with Crippen molar-refractivity contribution in [1.29, 1.82) is 0 Å². The molecule has 0 unspecified atom stereocenters. The number of carbonyl (C=O) groups is 2. The summed E-state index contributed by atoms with van der Waals surface area (Å²) in [6.45, 7) is 7.27. The van der Waals surface area contributed by atoms with E-state index in [1.165, 1.54) is 4.90 Å². The van der Waals surface area contributed by atoms with E-state index in [-0.39, 0.29) is 18.2 Å². The highest BCUT2D eigenvalue weighted by atomic mass is 16.5. The summed E-state index contributed by atoms with van der Waals surface area (Å²) >= 11 is 0. The summed E-state index contributed by atoms with van der Waals surface area (Å²) in [6, 6.07) is -0.596. The number of ether oxygens (including phenoxy) is 1. The molecular formula is C12H23NO4. The van der Waals surface area contributed by atoms with E-state index in [4.69, 9.17) is 4.74 Å². The van der Waals surface area contributed by atoms with Crippen molar-refractivity contribution in [3.63, 3.8) is 0 Å². The number of rotatable bonds is 6. The maximum absolute atomic E-state index is 11.8. The lowest BCUT2D eigenvalue weighted by Gasteiger charge is -2.29. The Labute approximate surface area is 103 Å². The molecule has 0 fully saturated rings. The van der Waals surface area contributed by atoms with Crippen LogP contribution in [0.5, 0.6) is 0 Å². The van der Waals surface area contributed by atoms with E-state index in [2.05, 4.69) is 0 Å². The number of nitrogens with zero attached hydrogens (tertiary/aromatic N) is 1. The van der Waals surface area contributed by atoms with Crippen molar-refractivity contribution >= 4 is 11.9 Å². The summed E-state index contributed by atoms with van der Waals surface area (Å²) in [5.41, 5.74) is 0. The Balaban J connectivity index is 4.70. The van der Waals surface area contributed by atoms with E-state index in [0.29, 0.717) is 6.61 Å². The molecule has 0 aliphatic carbocycles. The quantitative estimate of drug-likeness (QED) is 0.703. The van der Waals surface area contributed by atoms with Gasteiger partial charge < -0.3 is 14.7 Å². The molecule has 5 nitrogen and oxygen atoms in total. The van der Waals surface area contributed by atoms with Crippen LogP contribution >= 0.6 is 0 Å². The van der Waals surface area contributed by atoms with Crippen LogP contribution in [0.4, 0.5) is 0 Å². The number of esters is 1. The van der Waals surface area contributed by atoms with Crippen molar-refractivity contribution in [1.82, 2.24) is 4.90 Å². The molecule has 0 saturated carbocycles. The lowest BCUT2D eigenvalue weighted by Crippen LogP contribution is -2.47. The van der Waals surface area contributed by atoms with Gasteiger partial charge in [0.05, 0.1) is 19.1 Å². The normalized spacial score (nSPS) is 14.3. The fourth-order valence-corrected chi connectivity index (χ4v) is 1.66. The summed E-state index contributed by atoms with van der Waals surface area (Å²) in [6.07, 6.45) is -0.695. The molecule has 100 valence electrons. The van der Waals surface area contributed by atoms with Crippen LogP contribution in [0, 0.1) is 5.92 Å². The molecule has 0 heterocycles. The van der Waals surface area contributed by atoms with Gasteiger partial charge >= 0.3 is 5.97 Å². The summed E-state index contributed by atoms with van der Waals surface area (Å²) in [4.78, 5) is 24.9. The Morgan fingerprint density at radius 3 is 2.18 bits per heavy atom. The lowest BCUT2D eigenvalue weighted by atomic mass is 10.0. The summed E-state index contributed by atoms with van der Waals surface area (Å²) in [5.74, 6) is -0.687. The first-order chi connectivity index (χ1) is 7.81. The van der Waals surface area contributed by atoms with E-state index < -0.39 is 18.1 Å². The van der Waals surface area contributed by atoms with Crippen LogP contribution in [-0.2, 0) is 14.3 Å². The fourth-order valence-electron chi connectivity index (χ4n) is 1.66. The van der Waals surface area contributed by atoms with Crippen LogP contribution in [-0.4, -0.2) is 47.7 Å². The van der Waals surface area contributed by atoms with E-state index >= 15 is 0 Å². The average Bonchev–Trinajstić information content (AvgIpc) is 2.16. The second-order valence-corrected chi connectivity index (χ2v) is 4.50. The Kier molecular flexibility index (Phi) is 6.80. The first-order valence-corrected chi connectivity index (χ1v) is 5.91. The molecule has 0 radical (unpaired) electrons. The second kappa shape index (κ2) is 7.27. The number of aliphatic hydroxyl groups excluding tert-OH is 1. The number of likely N-dealkylation sites (N-methyl/N-ethyl adjacent to an activating group) is 1. The zero-order chi connectivity index (χ0) is 13.6. The molecule has 0 saturated heterocycles. The van der Waals surface area contributed by atoms with Crippen LogP contribution < -0.4 is 0 Å². The monoisotopic (exact) mass is 245 g/mol. The van der Waals surface area contributed by atoms with Crippen LogP contribution in [0.25, 0.3) is 0 Å². The van der Waals surface area contributed by atoms with Gasteiger partial charge in [-0.15, -0.1) is 0 Å². The average molecular weight is 245 g/mol. The van der Waals surface area contributed by atoms with Crippen LogP contribution in [0.2, 0.25) is 0 Å². The van der Waals surface area contributed by atoms with Gasteiger partial charge in [-0.3, -0.25) is 4.79 Å². The predicted octanol–water partition coefficient (Wildman–Crippen LogP) is 0.803. The molecule has 0 aliphatic rings. The maximum atomic E-state index is 11.8. The molecule has 0 aromatic heterocycles. The smallest absolute Gasteiger partial charge is 0.329 e. The van der Waals surface area contributed by atoms with Gasteiger partial charge in [-0.25, -0.2) is 4.79 Å². The van der Waals surface area contributed by atoms with Crippen molar-refractivity contribution in [2.45, 2.75) is 46.3 Å². The summed E-state index contributed by atoms with van der Waals surface area (Å²) in [5, 5.41) is 9.17. The first kappa shape index (κ1) is 15.9. The molecule has 0 aromatic rings. The van der Waals surface area contributed by atoms with Crippen molar-refractivity contribution in [2.24, 2.45) is 5.92 Å². The minimum Gasteiger partial charge on any atom is -0.464 e. The zero-order valence-corrected chi connectivity index (χ0v) is 11.3. The first-order valence-electron chi connectivity index (χ1n) is 5.91. The number of hydrogen-bond acceptors (Lipinski definition) is 4. The van der Waals surface area contributed by atoms with Gasteiger partial charge in [0.15, 0.2) is 0 Å². The van der Waals surface area contributed by atoms with Gasteiger partial charge in [0, 0.05) is 7.05 Å². The van der Waals surface area contributed by atoms with Crippen molar-refractivity contribution < 1.29 is 19.4 Å².